The first-order valence-electron chi connectivity index (χ1n) is 4.36. The summed E-state index contributed by atoms with van der Waals surface area (Å²) in [7, 11) is 0. The van der Waals surface area contributed by atoms with Gasteiger partial charge >= 0.3 is 5.97 Å². The molecule has 0 aliphatic carbocycles. The molecule has 1 unspecified atom stereocenters. The Labute approximate surface area is 81.3 Å². The first-order chi connectivity index (χ1) is 6.59. The van der Waals surface area contributed by atoms with Crippen molar-refractivity contribution in [2.45, 2.75) is 13.0 Å². The molecule has 1 aromatic rings. The van der Waals surface area contributed by atoms with E-state index in [1.807, 2.05) is 0 Å². The zero-order valence-electron chi connectivity index (χ0n) is 7.78. The van der Waals surface area contributed by atoms with Crippen LogP contribution < -0.4 is 10.5 Å². The van der Waals surface area contributed by atoms with Crippen LogP contribution in [0.1, 0.15) is 27.5 Å². The molecule has 4 heteroatoms. The number of fused-ring (bicyclic) bond motifs is 1. The third kappa shape index (κ3) is 1.24. The predicted molar refractivity (Wildman–Crippen MR) is 50.6 cm³/mol. The van der Waals surface area contributed by atoms with Crippen LogP contribution in [0.15, 0.2) is 12.1 Å². The molecule has 0 spiro atoms. The van der Waals surface area contributed by atoms with Crippen molar-refractivity contribution in [2.24, 2.45) is 5.73 Å². The van der Waals surface area contributed by atoms with Crippen LogP contribution in [-0.2, 0) is 0 Å². The number of nitrogens with two attached hydrogens (primary N) is 1. The number of hydrogen-bond acceptors (Lipinski definition) is 3. The Morgan fingerprint density at radius 3 is 3.00 bits per heavy atom. The number of rotatable bonds is 1. The highest BCUT2D eigenvalue weighted by molar-refractivity contribution is 5.90. The molecule has 0 radical (unpaired) electrons. The Bertz CT molecular complexity index is 401. The van der Waals surface area contributed by atoms with Crippen LogP contribution >= 0.6 is 0 Å². The molecule has 1 aromatic carbocycles. The highest BCUT2D eigenvalue weighted by Crippen LogP contribution is 2.33. The fourth-order valence-electron chi connectivity index (χ4n) is 1.62. The van der Waals surface area contributed by atoms with Crippen LogP contribution in [0.25, 0.3) is 0 Å². The van der Waals surface area contributed by atoms with Gasteiger partial charge in [-0.25, -0.2) is 4.79 Å². The second-order valence-electron chi connectivity index (χ2n) is 3.43. The van der Waals surface area contributed by atoms with Crippen LogP contribution in [0.3, 0.4) is 0 Å². The molecule has 1 heterocycles. The summed E-state index contributed by atoms with van der Waals surface area (Å²) < 4.78 is 5.27. The molecule has 1 aliphatic heterocycles. The number of carbonyl (C=O) groups is 1. The Morgan fingerprint density at radius 2 is 2.36 bits per heavy atom. The van der Waals surface area contributed by atoms with Crippen molar-refractivity contribution in [3.63, 3.8) is 0 Å². The molecule has 0 bridgehead atoms. The van der Waals surface area contributed by atoms with Gasteiger partial charge in [-0.3, -0.25) is 0 Å². The third-order valence-electron chi connectivity index (χ3n) is 2.41. The van der Waals surface area contributed by atoms with E-state index >= 15 is 0 Å². The molecule has 4 nitrogen and oxygen atoms in total. The smallest absolute Gasteiger partial charge is 0.336 e. The van der Waals surface area contributed by atoms with Crippen LogP contribution in [0, 0.1) is 6.92 Å². The molecule has 1 aliphatic rings. The zero-order valence-corrected chi connectivity index (χ0v) is 7.78. The summed E-state index contributed by atoms with van der Waals surface area (Å²) in [6.07, 6.45) is 0. The van der Waals surface area contributed by atoms with Gasteiger partial charge in [-0.05, 0) is 24.6 Å². The van der Waals surface area contributed by atoms with Gasteiger partial charge in [0, 0.05) is 5.56 Å². The molecular formula is C10H11NO3. The summed E-state index contributed by atoms with van der Waals surface area (Å²) in [5.41, 5.74) is 7.66. The highest BCUT2D eigenvalue weighted by atomic mass is 16.5. The summed E-state index contributed by atoms with van der Waals surface area (Å²) in [4.78, 5) is 10.8. The molecular weight excluding hydrogens is 182 g/mol. The van der Waals surface area contributed by atoms with Crippen LogP contribution in [0.5, 0.6) is 5.75 Å². The summed E-state index contributed by atoms with van der Waals surface area (Å²) in [5.74, 6) is -0.338. The van der Waals surface area contributed by atoms with Gasteiger partial charge in [0.15, 0.2) is 0 Å². The van der Waals surface area contributed by atoms with Crippen molar-refractivity contribution in [2.75, 3.05) is 6.61 Å². The fraction of sp³-hybridized carbons (Fsp3) is 0.300. The van der Waals surface area contributed by atoms with Crippen molar-refractivity contribution in [1.82, 2.24) is 0 Å². The van der Waals surface area contributed by atoms with Crippen molar-refractivity contribution in [1.29, 1.82) is 0 Å². The van der Waals surface area contributed by atoms with Crippen molar-refractivity contribution < 1.29 is 14.6 Å². The van der Waals surface area contributed by atoms with E-state index in [1.54, 1.807) is 19.1 Å². The number of aromatic carboxylic acids is 1. The first kappa shape index (κ1) is 9.02. The molecule has 74 valence electrons. The number of aryl methyl sites for hydroxylation is 1. The predicted octanol–water partition coefficient (Wildman–Crippen LogP) is 1.09. The minimum Gasteiger partial charge on any atom is -0.491 e. The lowest BCUT2D eigenvalue weighted by molar-refractivity contribution is 0.0695. The van der Waals surface area contributed by atoms with E-state index in [4.69, 9.17) is 15.6 Å². The van der Waals surface area contributed by atoms with Gasteiger partial charge in [0.25, 0.3) is 0 Å². The van der Waals surface area contributed by atoms with E-state index < -0.39 is 5.97 Å². The maximum absolute atomic E-state index is 10.8. The minimum atomic E-state index is -0.936. The lowest BCUT2D eigenvalue weighted by atomic mass is 10.0. The van der Waals surface area contributed by atoms with Gasteiger partial charge in [-0.2, -0.15) is 0 Å². The number of hydrogen-bond donors (Lipinski definition) is 2. The van der Waals surface area contributed by atoms with Gasteiger partial charge in [0.1, 0.15) is 12.4 Å². The molecule has 1 atom stereocenters. The van der Waals surface area contributed by atoms with E-state index in [0.717, 1.165) is 11.1 Å². The molecule has 14 heavy (non-hydrogen) atoms. The highest BCUT2D eigenvalue weighted by Gasteiger charge is 2.23. The molecule has 0 aromatic heterocycles. The van der Waals surface area contributed by atoms with Crippen LogP contribution in [0.2, 0.25) is 0 Å². The Balaban J connectivity index is 2.55. The standard InChI is InChI=1S/C10H11NO3/c1-5-2-7-8(11)4-14-9(7)3-6(5)10(12)13/h2-3,8H,4,11H2,1H3,(H,12,13). The van der Waals surface area contributed by atoms with Crippen molar-refractivity contribution in [3.8, 4) is 5.75 Å². The van der Waals surface area contributed by atoms with Gasteiger partial charge in [-0.1, -0.05) is 0 Å². The normalized spacial score (nSPS) is 18.9. The molecule has 2 rings (SSSR count). The summed E-state index contributed by atoms with van der Waals surface area (Å²) >= 11 is 0. The van der Waals surface area contributed by atoms with Crippen molar-refractivity contribution in [3.05, 3.63) is 28.8 Å². The molecule has 0 saturated heterocycles. The SMILES string of the molecule is Cc1cc2c(cc1C(=O)O)OCC2N. The largest absolute Gasteiger partial charge is 0.491 e. The van der Waals surface area contributed by atoms with E-state index in [0.29, 0.717) is 12.4 Å². The number of ether oxygens (including phenoxy) is 1. The zero-order chi connectivity index (χ0) is 10.3. The van der Waals surface area contributed by atoms with Gasteiger partial charge in [0.05, 0.1) is 11.6 Å². The maximum atomic E-state index is 10.8. The van der Waals surface area contributed by atoms with Gasteiger partial charge < -0.3 is 15.6 Å². The van der Waals surface area contributed by atoms with E-state index in [1.165, 1.54) is 0 Å². The lowest BCUT2D eigenvalue weighted by Crippen LogP contribution is -2.11. The third-order valence-corrected chi connectivity index (χ3v) is 2.41. The topological polar surface area (TPSA) is 72.5 Å². The number of benzene rings is 1. The van der Waals surface area contributed by atoms with Gasteiger partial charge in [-0.15, -0.1) is 0 Å². The molecule has 3 N–H and O–H groups in total. The second-order valence-corrected chi connectivity index (χ2v) is 3.43. The minimum absolute atomic E-state index is 0.133. The maximum Gasteiger partial charge on any atom is 0.336 e. The second kappa shape index (κ2) is 2.99. The fourth-order valence-corrected chi connectivity index (χ4v) is 1.62. The van der Waals surface area contributed by atoms with Crippen LogP contribution in [-0.4, -0.2) is 17.7 Å². The average molecular weight is 193 g/mol. The molecule has 0 fully saturated rings. The lowest BCUT2D eigenvalue weighted by Gasteiger charge is -2.05. The number of carboxylic acids is 1. The van der Waals surface area contributed by atoms with Crippen molar-refractivity contribution >= 4 is 5.97 Å². The Morgan fingerprint density at radius 1 is 1.64 bits per heavy atom. The molecule has 0 saturated carbocycles. The van der Waals surface area contributed by atoms with E-state index in [2.05, 4.69) is 0 Å². The Hall–Kier alpha value is -1.55. The molecule has 0 amide bonds. The van der Waals surface area contributed by atoms with Crippen LogP contribution in [0.4, 0.5) is 0 Å². The summed E-state index contributed by atoms with van der Waals surface area (Å²) in [6, 6.07) is 3.20. The van der Waals surface area contributed by atoms with Gasteiger partial charge in [0.2, 0.25) is 0 Å². The Kier molecular flexibility index (Phi) is 1.93. The first-order valence-corrected chi connectivity index (χ1v) is 4.36. The average Bonchev–Trinajstić information content (AvgIpc) is 2.46. The number of carboxylic acid groups (broad SMARTS) is 1. The summed E-state index contributed by atoms with van der Waals surface area (Å²) in [5, 5.41) is 8.88. The summed E-state index contributed by atoms with van der Waals surface area (Å²) in [6.45, 7) is 2.19. The van der Waals surface area contributed by atoms with E-state index in [9.17, 15) is 4.79 Å². The van der Waals surface area contributed by atoms with E-state index in [-0.39, 0.29) is 11.6 Å². The monoisotopic (exact) mass is 193 g/mol. The quantitative estimate of drug-likeness (QED) is 0.700.